The SMILES string of the molecule is CN1NC(=O)C[C@@H]1[C@@H](N)Cc1ccccc1. The molecule has 1 aromatic rings. The van der Waals surface area contributed by atoms with Gasteiger partial charge in [-0.25, -0.2) is 5.01 Å². The fraction of sp³-hybridized carbons (Fsp3) is 0.417. The van der Waals surface area contributed by atoms with Gasteiger partial charge in [-0.05, 0) is 12.0 Å². The molecule has 86 valence electrons. The Bertz CT molecular complexity index is 366. The van der Waals surface area contributed by atoms with Crippen LogP contribution in [0.3, 0.4) is 0 Å². The van der Waals surface area contributed by atoms with Crippen LogP contribution in [-0.4, -0.2) is 30.0 Å². The molecule has 1 saturated heterocycles. The molecular weight excluding hydrogens is 202 g/mol. The Labute approximate surface area is 95.4 Å². The van der Waals surface area contributed by atoms with Gasteiger partial charge in [0.2, 0.25) is 5.91 Å². The molecule has 1 amide bonds. The van der Waals surface area contributed by atoms with Crippen molar-refractivity contribution in [1.82, 2.24) is 10.4 Å². The van der Waals surface area contributed by atoms with Gasteiger partial charge in [-0.1, -0.05) is 30.3 Å². The molecule has 0 aliphatic carbocycles. The molecule has 0 saturated carbocycles. The molecule has 0 spiro atoms. The quantitative estimate of drug-likeness (QED) is 0.768. The number of hydrazine groups is 1. The van der Waals surface area contributed by atoms with Gasteiger partial charge < -0.3 is 5.73 Å². The molecule has 2 rings (SSSR count). The molecule has 0 unspecified atom stereocenters. The molecule has 4 nitrogen and oxygen atoms in total. The molecule has 1 aliphatic heterocycles. The number of carbonyl (C=O) groups is 1. The second kappa shape index (κ2) is 4.63. The number of hydrogen-bond acceptors (Lipinski definition) is 3. The van der Waals surface area contributed by atoms with Crippen molar-refractivity contribution < 1.29 is 4.79 Å². The van der Waals surface area contributed by atoms with E-state index in [0.717, 1.165) is 6.42 Å². The van der Waals surface area contributed by atoms with Crippen molar-refractivity contribution in [2.24, 2.45) is 5.73 Å². The summed E-state index contributed by atoms with van der Waals surface area (Å²) in [7, 11) is 1.86. The lowest BCUT2D eigenvalue weighted by Crippen LogP contribution is -2.46. The number of carbonyl (C=O) groups excluding carboxylic acids is 1. The number of amides is 1. The highest BCUT2D eigenvalue weighted by molar-refractivity contribution is 5.78. The van der Waals surface area contributed by atoms with Crippen LogP contribution in [0, 0.1) is 0 Å². The molecule has 1 heterocycles. The van der Waals surface area contributed by atoms with E-state index in [-0.39, 0.29) is 18.0 Å². The van der Waals surface area contributed by atoms with Crippen LogP contribution >= 0.6 is 0 Å². The predicted octanol–water partition coefficient (Wildman–Crippen LogP) is 0.292. The van der Waals surface area contributed by atoms with Crippen LogP contribution in [0.5, 0.6) is 0 Å². The number of nitrogens with zero attached hydrogens (tertiary/aromatic N) is 1. The highest BCUT2D eigenvalue weighted by Crippen LogP contribution is 2.14. The van der Waals surface area contributed by atoms with Crippen LogP contribution in [0.2, 0.25) is 0 Å². The Hall–Kier alpha value is -1.39. The molecular formula is C12H17N3O. The molecule has 0 radical (unpaired) electrons. The number of rotatable bonds is 3. The van der Waals surface area contributed by atoms with E-state index in [9.17, 15) is 4.79 Å². The molecule has 2 atom stereocenters. The van der Waals surface area contributed by atoms with Crippen molar-refractivity contribution >= 4 is 5.91 Å². The zero-order valence-electron chi connectivity index (χ0n) is 9.39. The Morgan fingerprint density at radius 2 is 2.19 bits per heavy atom. The molecule has 0 bridgehead atoms. The van der Waals surface area contributed by atoms with E-state index in [1.54, 1.807) is 0 Å². The van der Waals surface area contributed by atoms with Crippen LogP contribution in [-0.2, 0) is 11.2 Å². The molecule has 4 heteroatoms. The summed E-state index contributed by atoms with van der Waals surface area (Å²) in [5, 5.41) is 1.82. The lowest BCUT2D eigenvalue weighted by atomic mass is 9.98. The number of nitrogens with two attached hydrogens (primary N) is 1. The van der Waals surface area contributed by atoms with Crippen molar-refractivity contribution in [3.05, 3.63) is 35.9 Å². The summed E-state index contributed by atoms with van der Waals surface area (Å²) in [6.45, 7) is 0. The van der Waals surface area contributed by atoms with Gasteiger partial charge in [-0.3, -0.25) is 10.2 Å². The molecule has 1 aliphatic rings. The van der Waals surface area contributed by atoms with Crippen LogP contribution in [0.25, 0.3) is 0 Å². The molecule has 16 heavy (non-hydrogen) atoms. The number of nitrogens with one attached hydrogen (secondary N) is 1. The molecule has 1 fully saturated rings. The summed E-state index contributed by atoms with van der Waals surface area (Å²) in [6, 6.07) is 10.2. The third-order valence-electron chi connectivity index (χ3n) is 3.00. The maximum atomic E-state index is 11.2. The minimum absolute atomic E-state index is 0.0219. The summed E-state index contributed by atoms with van der Waals surface area (Å²) in [4.78, 5) is 11.2. The first-order chi connectivity index (χ1) is 7.66. The van der Waals surface area contributed by atoms with Gasteiger partial charge in [-0.15, -0.1) is 0 Å². The van der Waals surface area contributed by atoms with Gasteiger partial charge in [0.1, 0.15) is 0 Å². The third-order valence-corrected chi connectivity index (χ3v) is 3.00. The number of hydrogen-bond donors (Lipinski definition) is 2. The Morgan fingerprint density at radius 3 is 2.75 bits per heavy atom. The van der Waals surface area contributed by atoms with Crippen molar-refractivity contribution in [2.45, 2.75) is 24.9 Å². The fourth-order valence-corrected chi connectivity index (χ4v) is 2.11. The van der Waals surface area contributed by atoms with Crippen molar-refractivity contribution in [2.75, 3.05) is 7.05 Å². The smallest absolute Gasteiger partial charge is 0.235 e. The highest BCUT2D eigenvalue weighted by atomic mass is 16.2. The Kier molecular flexibility index (Phi) is 3.22. The van der Waals surface area contributed by atoms with E-state index < -0.39 is 0 Å². The number of likely N-dealkylation sites (N-methyl/N-ethyl adjacent to an activating group) is 1. The van der Waals surface area contributed by atoms with Crippen molar-refractivity contribution in [3.63, 3.8) is 0 Å². The van der Waals surface area contributed by atoms with Crippen LogP contribution in [0.15, 0.2) is 30.3 Å². The van der Waals surface area contributed by atoms with E-state index in [0.29, 0.717) is 6.42 Å². The fourth-order valence-electron chi connectivity index (χ4n) is 2.11. The Balaban J connectivity index is 1.98. The normalized spacial score (nSPS) is 23.1. The largest absolute Gasteiger partial charge is 0.326 e. The highest BCUT2D eigenvalue weighted by Gasteiger charge is 2.31. The average molecular weight is 219 g/mol. The maximum absolute atomic E-state index is 11.2. The topological polar surface area (TPSA) is 58.4 Å². The summed E-state index contributed by atoms with van der Waals surface area (Å²) in [5.41, 5.74) is 10.1. The zero-order valence-corrected chi connectivity index (χ0v) is 9.39. The van der Waals surface area contributed by atoms with Crippen LogP contribution in [0.1, 0.15) is 12.0 Å². The summed E-state index contributed by atoms with van der Waals surface area (Å²) < 4.78 is 0. The van der Waals surface area contributed by atoms with E-state index >= 15 is 0 Å². The van der Waals surface area contributed by atoms with Crippen molar-refractivity contribution in [3.8, 4) is 0 Å². The van der Waals surface area contributed by atoms with Gasteiger partial charge in [0, 0.05) is 19.5 Å². The van der Waals surface area contributed by atoms with Gasteiger partial charge in [0.05, 0.1) is 6.04 Å². The lowest BCUT2D eigenvalue weighted by Gasteiger charge is -2.24. The standard InChI is InChI=1S/C12H17N3O/c1-15-11(8-12(16)14-15)10(13)7-9-5-3-2-4-6-9/h2-6,10-11H,7-8,13H2,1H3,(H,14,16)/t10-,11+/m0/s1. The number of benzene rings is 1. The van der Waals surface area contributed by atoms with E-state index in [2.05, 4.69) is 17.6 Å². The predicted molar refractivity (Wildman–Crippen MR) is 62.4 cm³/mol. The van der Waals surface area contributed by atoms with Crippen LogP contribution in [0.4, 0.5) is 0 Å². The second-order valence-electron chi connectivity index (χ2n) is 4.27. The molecule has 0 aromatic heterocycles. The summed E-state index contributed by atoms with van der Waals surface area (Å²) in [5.74, 6) is 0.0519. The summed E-state index contributed by atoms with van der Waals surface area (Å²) >= 11 is 0. The zero-order chi connectivity index (χ0) is 11.5. The first-order valence-electron chi connectivity index (χ1n) is 5.48. The van der Waals surface area contributed by atoms with Gasteiger partial charge in [0.15, 0.2) is 0 Å². The first-order valence-corrected chi connectivity index (χ1v) is 5.48. The molecule has 3 N–H and O–H groups in total. The molecule has 1 aromatic carbocycles. The van der Waals surface area contributed by atoms with Crippen LogP contribution < -0.4 is 11.2 Å². The summed E-state index contributed by atoms with van der Waals surface area (Å²) in [6.07, 6.45) is 1.29. The van der Waals surface area contributed by atoms with E-state index in [1.165, 1.54) is 5.56 Å². The van der Waals surface area contributed by atoms with Gasteiger partial charge >= 0.3 is 0 Å². The average Bonchev–Trinajstić information content (AvgIpc) is 2.59. The maximum Gasteiger partial charge on any atom is 0.235 e. The minimum Gasteiger partial charge on any atom is -0.326 e. The first kappa shape index (κ1) is 11.1. The lowest BCUT2D eigenvalue weighted by molar-refractivity contribution is -0.120. The minimum atomic E-state index is -0.0219. The van der Waals surface area contributed by atoms with Gasteiger partial charge in [-0.2, -0.15) is 0 Å². The van der Waals surface area contributed by atoms with E-state index in [1.807, 2.05) is 30.3 Å². The van der Waals surface area contributed by atoms with Crippen molar-refractivity contribution in [1.29, 1.82) is 0 Å². The van der Waals surface area contributed by atoms with Gasteiger partial charge in [0.25, 0.3) is 0 Å². The monoisotopic (exact) mass is 219 g/mol. The van der Waals surface area contributed by atoms with E-state index in [4.69, 9.17) is 5.73 Å². The second-order valence-corrected chi connectivity index (χ2v) is 4.27. The third kappa shape index (κ3) is 2.40. The Morgan fingerprint density at radius 1 is 1.50 bits per heavy atom.